The standard InChI is InChI=1S/C14H10ClN3/c1-9-4-12-11(10-6-16-8-17-7-10)2-3-18-14(12)5-13(9)15/h2-8H,1H3. The van der Waals surface area contributed by atoms with Crippen LogP contribution in [0.1, 0.15) is 5.56 Å². The van der Waals surface area contributed by atoms with Crippen molar-refractivity contribution < 1.29 is 0 Å². The molecule has 3 aromatic rings. The molecule has 3 nitrogen and oxygen atoms in total. The number of halogens is 1. The molecule has 0 aliphatic rings. The maximum absolute atomic E-state index is 6.12. The van der Waals surface area contributed by atoms with Gasteiger partial charge in [0, 0.05) is 34.6 Å². The molecule has 88 valence electrons. The van der Waals surface area contributed by atoms with Gasteiger partial charge in [0.25, 0.3) is 0 Å². The topological polar surface area (TPSA) is 38.7 Å². The first-order chi connectivity index (χ1) is 8.75. The van der Waals surface area contributed by atoms with Crippen LogP contribution < -0.4 is 0 Å². The predicted molar refractivity (Wildman–Crippen MR) is 72.5 cm³/mol. The Morgan fingerprint density at radius 2 is 1.89 bits per heavy atom. The van der Waals surface area contributed by atoms with Crippen LogP contribution in [0.4, 0.5) is 0 Å². The number of rotatable bonds is 1. The van der Waals surface area contributed by atoms with E-state index in [-0.39, 0.29) is 0 Å². The van der Waals surface area contributed by atoms with E-state index in [4.69, 9.17) is 11.6 Å². The van der Waals surface area contributed by atoms with Gasteiger partial charge in [0.2, 0.25) is 0 Å². The van der Waals surface area contributed by atoms with Gasteiger partial charge < -0.3 is 0 Å². The largest absolute Gasteiger partial charge is 0.256 e. The minimum atomic E-state index is 0.733. The van der Waals surface area contributed by atoms with Crippen LogP contribution in [0.5, 0.6) is 0 Å². The zero-order valence-corrected chi connectivity index (χ0v) is 10.5. The molecule has 0 N–H and O–H groups in total. The van der Waals surface area contributed by atoms with E-state index in [2.05, 4.69) is 15.0 Å². The van der Waals surface area contributed by atoms with Crippen LogP contribution in [0, 0.1) is 6.92 Å². The summed E-state index contributed by atoms with van der Waals surface area (Å²) in [5.74, 6) is 0. The van der Waals surface area contributed by atoms with Crippen LogP contribution in [0.3, 0.4) is 0 Å². The van der Waals surface area contributed by atoms with Gasteiger partial charge in [-0.05, 0) is 36.2 Å². The van der Waals surface area contributed by atoms with Gasteiger partial charge in [-0.2, -0.15) is 0 Å². The van der Waals surface area contributed by atoms with Gasteiger partial charge in [-0.15, -0.1) is 0 Å². The molecule has 0 spiro atoms. The minimum Gasteiger partial charge on any atom is -0.256 e. The van der Waals surface area contributed by atoms with E-state index in [1.165, 1.54) is 6.33 Å². The molecule has 18 heavy (non-hydrogen) atoms. The number of aromatic nitrogens is 3. The molecular formula is C14H10ClN3. The Bertz CT molecular complexity index is 711. The minimum absolute atomic E-state index is 0.733. The summed E-state index contributed by atoms with van der Waals surface area (Å²) in [7, 11) is 0. The molecule has 4 heteroatoms. The van der Waals surface area contributed by atoms with E-state index in [0.29, 0.717) is 0 Å². The molecule has 0 saturated heterocycles. The van der Waals surface area contributed by atoms with Gasteiger partial charge in [0.15, 0.2) is 0 Å². The van der Waals surface area contributed by atoms with Crippen molar-refractivity contribution in [1.82, 2.24) is 15.0 Å². The smallest absolute Gasteiger partial charge is 0.115 e. The number of nitrogens with zero attached hydrogens (tertiary/aromatic N) is 3. The molecular weight excluding hydrogens is 246 g/mol. The lowest BCUT2D eigenvalue weighted by Gasteiger charge is -2.07. The quantitative estimate of drug-likeness (QED) is 0.666. The summed E-state index contributed by atoms with van der Waals surface area (Å²) in [6, 6.07) is 5.90. The highest BCUT2D eigenvalue weighted by Gasteiger charge is 2.07. The fraction of sp³-hybridized carbons (Fsp3) is 0.0714. The van der Waals surface area contributed by atoms with Crippen molar-refractivity contribution in [2.24, 2.45) is 0 Å². The lowest BCUT2D eigenvalue weighted by molar-refractivity contribution is 1.17. The average Bonchev–Trinajstić information content (AvgIpc) is 2.40. The molecule has 2 heterocycles. The summed E-state index contributed by atoms with van der Waals surface area (Å²) in [5, 5.41) is 1.80. The highest BCUT2D eigenvalue weighted by atomic mass is 35.5. The SMILES string of the molecule is Cc1cc2c(-c3cncnc3)ccnc2cc1Cl. The molecule has 0 aliphatic carbocycles. The molecule has 0 fully saturated rings. The fourth-order valence-electron chi connectivity index (χ4n) is 1.97. The van der Waals surface area contributed by atoms with Gasteiger partial charge in [-0.25, -0.2) is 9.97 Å². The summed E-state index contributed by atoms with van der Waals surface area (Å²) in [4.78, 5) is 12.4. The molecule has 0 bridgehead atoms. The third kappa shape index (κ3) is 1.83. The van der Waals surface area contributed by atoms with E-state index < -0.39 is 0 Å². The number of aryl methyl sites for hydroxylation is 1. The normalized spacial score (nSPS) is 10.8. The summed E-state index contributed by atoms with van der Waals surface area (Å²) in [6.45, 7) is 1.99. The Labute approximate surface area is 109 Å². The third-order valence-electron chi connectivity index (χ3n) is 2.89. The lowest BCUT2D eigenvalue weighted by Crippen LogP contribution is -1.88. The van der Waals surface area contributed by atoms with Crippen molar-refractivity contribution in [3.05, 3.63) is 53.7 Å². The molecule has 0 saturated carbocycles. The number of hydrogen-bond donors (Lipinski definition) is 0. The first-order valence-electron chi connectivity index (χ1n) is 5.56. The van der Waals surface area contributed by atoms with Crippen molar-refractivity contribution in [3.8, 4) is 11.1 Å². The van der Waals surface area contributed by atoms with E-state index >= 15 is 0 Å². The second-order valence-electron chi connectivity index (χ2n) is 4.10. The van der Waals surface area contributed by atoms with Gasteiger partial charge in [0.05, 0.1) is 5.52 Å². The molecule has 0 amide bonds. The highest BCUT2D eigenvalue weighted by Crippen LogP contribution is 2.29. The first kappa shape index (κ1) is 11.1. The Kier molecular flexibility index (Phi) is 2.68. The summed E-state index contributed by atoms with van der Waals surface area (Å²) < 4.78 is 0. The average molecular weight is 256 g/mol. The van der Waals surface area contributed by atoms with Gasteiger partial charge in [-0.1, -0.05) is 11.6 Å². The summed E-state index contributed by atoms with van der Waals surface area (Å²) in [6.07, 6.45) is 6.89. The second-order valence-corrected chi connectivity index (χ2v) is 4.51. The molecule has 0 aliphatic heterocycles. The van der Waals surface area contributed by atoms with Gasteiger partial charge in [0.1, 0.15) is 6.33 Å². The third-order valence-corrected chi connectivity index (χ3v) is 3.30. The van der Waals surface area contributed by atoms with Gasteiger partial charge >= 0.3 is 0 Å². The molecule has 2 aromatic heterocycles. The maximum atomic E-state index is 6.12. The van der Waals surface area contributed by atoms with E-state index in [9.17, 15) is 0 Å². The van der Waals surface area contributed by atoms with Crippen LogP contribution >= 0.6 is 11.6 Å². The zero-order chi connectivity index (χ0) is 12.5. The van der Waals surface area contributed by atoms with Crippen LogP contribution in [0.25, 0.3) is 22.0 Å². The summed E-state index contributed by atoms with van der Waals surface area (Å²) >= 11 is 6.12. The Morgan fingerprint density at radius 1 is 1.11 bits per heavy atom. The Balaban J connectivity index is 2.34. The first-order valence-corrected chi connectivity index (χ1v) is 5.94. The number of hydrogen-bond acceptors (Lipinski definition) is 3. The molecule has 0 atom stereocenters. The van der Waals surface area contributed by atoms with Crippen LogP contribution in [-0.4, -0.2) is 15.0 Å². The van der Waals surface area contributed by atoms with Crippen LogP contribution in [0.15, 0.2) is 43.1 Å². The molecule has 3 rings (SSSR count). The van der Waals surface area contributed by atoms with E-state index in [1.807, 2.05) is 25.1 Å². The van der Waals surface area contributed by atoms with E-state index in [0.717, 1.165) is 32.6 Å². The number of fused-ring (bicyclic) bond motifs is 1. The predicted octanol–water partition coefficient (Wildman–Crippen LogP) is 3.65. The number of benzene rings is 1. The second kappa shape index (κ2) is 4.35. The van der Waals surface area contributed by atoms with Crippen molar-refractivity contribution in [3.63, 3.8) is 0 Å². The zero-order valence-electron chi connectivity index (χ0n) is 9.76. The lowest BCUT2D eigenvalue weighted by atomic mass is 10.0. The van der Waals surface area contributed by atoms with Crippen LogP contribution in [-0.2, 0) is 0 Å². The van der Waals surface area contributed by atoms with Gasteiger partial charge in [-0.3, -0.25) is 4.98 Å². The fourth-order valence-corrected chi connectivity index (χ4v) is 2.12. The number of pyridine rings is 1. The molecule has 0 radical (unpaired) electrons. The Morgan fingerprint density at radius 3 is 2.67 bits per heavy atom. The molecule has 0 unspecified atom stereocenters. The Hall–Kier alpha value is -2.00. The van der Waals surface area contributed by atoms with Crippen molar-refractivity contribution >= 4 is 22.5 Å². The maximum Gasteiger partial charge on any atom is 0.115 e. The highest BCUT2D eigenvalue weighted by molar-refractivity contribution is 6.32. The van der Waals surface area contributed by atoms with Crippen molar-refractivity contribution in [1.29, 1.82) is 0 Å². The van der Waals surface area contributed by atoms with E-state index in [1.54, 1.807) is 18.6 Å². The van der Waals surface area contributed by atoms with Crippen LogP contribution in [0.2, 0.25) is 5.02 Å². The van der Waals surface area contributed by atoms with Crippen molar-refractivity contribution in [2.45, 2.75) is 6.92 Å². The summed E-state index contributed by atoms with van der Waals surface area (Å²) in [5.41, 5.74) is 3.97. The molecule has 1 aromatic carbocycles. The van der Waals surface area contributed by atoms with Crippen molar-refractivity contribution in [2.75, 3.05) is 0 Å². The monoisotopic (exact) mass is 255 g/mol.